The molecule has 0 saturated heterocycles. The lowest BCUT2D eigenvalue weighted by Gasteiger charge is -2.29. The molecule has 0 radical (unpaired) electrons. The fourth-order valence-corrected chi connectivity index (χ4v) is 2.56. The molecular weight excluding hydrogens is 292 g/mol. The molecule has 0 heterocycles. The van der Waals surface area contributed by atoms with E-state index >= 15 is 0 Å². The lowest BCUT2D eigenvalue weighted by atomic mass is 9.79. The number of hydrazine groups is 1. The molecule has 0 aliphatic heterocycles. The minimum atomic E-state index is -0.318. The molecular formula is C18H22N2O3. The van der Waals surface area contributed by atoms with Crippen LogP contribution in [0.15, 0.2) is 48.7 Å². The van der Waals surface area contributed by atoms with Gasteiger partial charge in [0.2, 0.25) is 0 Å². The highest BCUT2D eigenvalue weighted by Crippen LogP contribution is 2.32. The van der Waals surface area contributed by atoms with E-state index in [0.717, 1.165) is 0 Å². The zero-order chi connectivity index (χ0) is 16.9. The van der Waals surface area contributed by atoms with Crippen LogP contribution in [0.5, 0.6) is 5.75 Å². The molecule has 1 aromatic carbocycles. The number of para-hydroxylation sites is 1. The van der Waals surface area contributed by atoms with E-state index in [0.29, 0.717) is 36.5 Å². The summed E-state index contributed by atoms with van der Waals surface area (Å²) in [7, 11) is 0. The lowest BCUT2D eigenvalue weighted by Crippen LogP contribution is -2.39. The Bertz CT molecular complexity index is 647. The van der Waals surface area contributed by atoms with Crippen LogP contribution in [0, 0.1) is 5.41 Å². The number of ether oxygens (including phenoxy) is 1. The van der Waals surface area contributed by atoms with Crippen LogP contribution < -0.4 is 15.6 Å². The van der Waals surface area contributed by atoms with Crippen molar-refractivity contribution in [2.45, 2.75) is 26.7 Å². The summed E-state index contributed by atoms with van der Waals surface area (Å²) in [6.45, 7) is 7.97. The van der Waals surface area contributed by atoms with Crippen molar-refractivity contribution in [1.82, 2.24) is 10.9 Å². The first-order valence-electron chi connectivity index (χ1n) is 7.54. The number of carbonyl (C=O) groups is 2. The molecule has 2 rings (SSSR count). The van der Waals surface area contributed by atoms with Gasteiger partial charge in [0, 0.05) is 18.2 Å². The maximum absolute atomic E-state index is 12.3. The molecule has 1 aliphatic rings. The summed E-state index contributed by atoms with van der Waals surface area (Å²) in [6, 6.07) is 6.97. The number of carbonyl (C=O) groups excluding carboxylic acids is 2. The molecule has 1 aromatic rings. The number of amides is 1. The fraction of sp³-hybridized carbons (Fsp3) is 0.333. The Morgan fingerprint density at radius 3 is 2.78 bits per heavy atom. The molecule has 0 saturated carbocycles. The van der Waals surface area contributed by atoms with Crippen LogP contribution in [0.1, 0.15) is 37.0 Å². The molecule has 0 atom stereocenters. The Balaban J connectivity index is 2.03. The predicted molar refractivity (Wildman–Crippen MR) is 88.8 cm³/mol. The first kappa shape index (κ1) is 16.8. The fourth-order valence-electron chi connectivity index (χ4n) is 2.56. The molecule has 0 bridgehead atoms. The van der Waals surface area contributed by atoms with Gasteiger partial charge in [-0.1, -0.05) is 38.6 Å². The van der Waals surface area contributed by atoms with Crippen molar-refractivity contribution < 1.29 is 14.3 Å². The zero-order valence-corrected chi connectivity index (χ0v) is 13.5. The number of hydrogen-bond donors (Lipinski definition) is 2. The molecule has 0 unspecified atom stereocenters. The number of hydrogen-bond acceptors (Lipinski definition) is 4. The van der Waals surface area contributed by atoms with Crippen LogP contribution in [0.25, 0.3) is 0 Å². The van der Waals surface area contributed by atoms with E-state index in [-0.39, 0.29) is 17.1 Å². The molecule has 5 nitrogen and oxygen atoms in total. The summed E-state index contributed by atoms with van der Waals surface area (Å²) in [5.74, 6) is 0.231. The number of nitrogens with one attached hydrogen (secondary N) is 2. The molecule has 1 amide bonds. The Hall–Kier alpha value is -2.56. The van der Waals surface area contributed by atoms with Gasteiger partial charge in [0.25, 0.3) is 5.91 Å². The van der Waals surface area contributed by atoms with Gasteiger partial charge in [-0.3, -0.25) is 15.0 Å². The minimum absolute atomic E-state index is 0.0627. The summed E-state index contributed by atoms with van der Waals surface area (Å²) < 4.78 is 5.47. The predicted octanol–water partition coefficient (Wildman–Crippen LogP) is 2.76. The van der Waals surface area contributed by atoms with E-state index in [1.165, 1.54) is 0 Å². The monoisotopic (exact) mass is 314 g/mol. The Morgan fingerprint density at radius 2 is 2.09 bits per heavy atom. The van der Waals surface area contributed by atoms with E-state index in [1.54, 1.807) is 36.4 Å². The second-order valence-corrected chi connectivity index (χ2v) is 6.33. The van der Waals surface area contributed by atoms with Gasteiger partial charge in [0.1, 0.15) is 12.4 Å². The molecule has 1 aliphatic carbocycles. The van der Waals surface area contributed by atoms with Gasteiger partial charge in [-0.25, -0.2) is 0 Å². The zero-order valence-electron chi connectivity index (χ0n) is 13.5. The summed E-state index contributed by atoms with van der Waals surface area (Å²) >= 11 is 0. The van der Waals surface area contributed by atoms with E-state index in [2.05, 4.69) is 17.4 Å². The summed E-state index contributed by atoms with van der Waals surface area (Å²) in [4.78, 5) is 24.0. The smallest absolute Gasteiger partial charge is 0.273 e. The van der Waals surface area contributed by atoms with E-state index in [9.17, 15) is 9.59 Å². The van der Waals surface area contributed by atoms with E-state index in [4.69, 9.17) is 4.74 Å². The van der Waals surface area contributed by atoms with Gasteiger partial charge in [-0.15, -0.1) is 0 Å². The SMILES string of the molecule is C=CCOc1ccccc1C(=O)NNC1=CC(=O)CC(C)(C)C1. The van der Waals surface area contributed by atoms with Crippen molar-refractivity contribution in [3.8, 4) is 5.75 Å². The third-order valence-corrected chi connectivity index (χ3v) is 3.48. The highest BCUT2D eigenvalue weighted by atomic mass is 16.5. The molecule has 122 valence electrons. The van der Waals surface area contributed by atoms with Gasteiger partial charge in [-0.2, -0.15) is 0 Å². The number of ketones is 1. The van der Waals surface area contributed by atoms with Crippen molar-refractivity contribution in [1.29, 1.82) is 0 Å². The molecule has 0 spiro atoms. The Labute approximate surface area is 136 Å². The molecule has 23 heavy (non-hydrogen) atoms. The second kappa shape index (κ2) is 7.13. The number of benzene rings is 1. The maximum Gasteiger partial charge on any atom is 0.273 e. The Morgan fingerprint density at radius 1 is 1.35 bits per heavy atom. The van der Waals surface area contributed by atoms with Crippen molar-refractivity contribution >= 4 is 11.7 Å². The maximum atomic E-state index is 12.3. The van der Waals surface area contributed by atoms with Crippen molar-refractivity contribution in [3.63, 3.8) is 0 Å². The quantitative estimate of drug-likeness (QED) is 0.626. The van der Waals surface area contributed by atoms with Gasteiger partial charge in [0.05, 0.1) is 5.56 Å². The molecule has 0 aromatic heterocycles. The largest absolute Gasteiger partial charge is 0.489 e. The third-order valence-electron chi connectivity index (χ3n) is 3.48. The van der Waals surface area contributed by atoms with Crippen LogP contribution in [-0.2, 0) is 4.79 Å². The standard InChI is InChI=1S/C18H22N2O3/c1-4-9-23-16-8-6-5-7-15(16)17(22)20-19-13-10-14(21)12-18(2,3)11-13/h4-8,10,19H,1,9,11-12H2,2-3H3,(H,20,22). The van der Waals surface area contributed by atoms with Crippen LogP contribution in [0.2, 0.25) is 0 Å². The normalized spacial score (nSPS) is 16.3. The van der Waals surface area contributed by atoms with Crippen LogP contribution >= 0.6 is 0 Å². The third kappa shape index (κ3) is 4.71. The topological polar surface area (TPSA) is 67.4 Å². The highest BCUT2D eigenvalue weighted by molar-refractivity contribution is 5.97. The van der Waals surface area contributed by atoms with E-state index < -0.39 is 0 Å². The number of rotatable bonds is 6. The average Bonchev–Trinajstić information content (AvgIpc) is 2.49. The Kier molecular flexibility index (Phi) is 5.21. The van der Waals surface area contributed by atoms with Crippen molar-refractivity contribution in [2.75, 3.05) is 6.61 Å². The van der Waals surface area contributed by atoms with Gasteiger partial charge < -0.3 is 10.2 Å². The van der Waals surface area contributed by atoms with E-state index in [1.807, 2.05) is 13.8 Å². The summed E-state index contributed by atoms with van der Waals surface area (Å²) in [5.41, 5.74) is 6.51. The first-order valence-corrected chi connectivity index (χ1v) is 7.54. The minimum Gasteiger partial charge on any atom is -0.489 e. The molecule has 2 N–H and O–H groups in total. The summed E-state index contributed by atoms with van der Waals surface area (Å²) in [6.07, 6.45) is 4.39. The second-order valence-electron chi connectivity index (χ2n) is 6.33. The van der Waals surface area contributed by atoms with Crippen molar-refractivity contribution in [2.24, 2.45) is 5.41 Å². The van der Waals surface area contributed by atoms with Gasteiger partial charge in [-0.05, 0) is 24.0 Å². The highest BCUT2D eigenvalue weighted by Gasteiger charge is 2.27. The van der Waals surface area contributed by atoms with Gasteiger partial charge >= 0.3 is 0 Å². The van der Waals surface area contributed by atoms with Crippen molar-refractivity contribution in [3.05, 3.63) is 54.3 Å². The van der Waals surface area contributed by atoms with Crippen LogP contribution in [-0.4, -0.2) is 18.3 Å². The van der Waals surface area contributed by atoms with Crippen LogP contribution in [0.3, 0.4) is 0 Å². The summed E-state index contributed by atoms with van der Waals surface area (Å²) in [5, 5.41) is 0. The molecule has 5 heteroatoms. The average molecular weight is 314 g/mol. The van der Waals surface area contributed by atoms with Crippen LogP contribution in [0.4, 0.5) is 0 Å². The lowest BCUT2D eigenvalue weighted by molar-refractivity contribution is -0.117. The number of allylic oxidation sites excluding steroid dienone is 2. The molecule has 0 fully saturated rings. The first-order chi connectivity index (χ1) is 10.9. The van der Waals surface area contributed by atoms with Gasteiger partial charge in [0.15, 0.2) is 5.78 Å².